The number of fused-ring (bicyclic) bond motifs is 2. The molecule has 50 heavy (non-hydrogen) atoms. The molecule has 2 N–H and O–H groups in total. The minimum atomic E-state index is -2.02. The van der Waals surface area contributed by atoms with E-state index >= 15 is 4.39 Å². The maximum atomic E-state index is 16.7. The van der Waals surface area contributed by atoms with E-state index in [0.29, 0.717) is 65.0 Å². The normalized spacial score (nSPS) is 17.4. The van der Waals surface area contributed by atoms with Crippen molar-refractivity contribution >= 4 is 76.6 Å². The van der Waals surface area contributed by atoms with E-state index in [0.717, 1.165) is 5.39 Å². The van der Waals surface area contributed by atoms with Gasteiger partial charge in [0.15, 0.2) is 14.1 Å². The van der Waals surface area contributed by atoms with Crippen LogP contribution in [0.4, 0.5) is 14.9 Å². The van der Waals surface area contributed by atoms with Crippen LogP contribution in [0.25, 0.3) is 32.8 Å². The van der Waals surface area contributed by atoms with Crippen LogP contribution in [0.3, 0.4) is 0 Å². The van der Waals surface area contributed by atoms with Gasteiger partial charge in [-0.2, -0.15) is 0 Å². The zero-order chi connectivity index (χ0) is 36.8. The van der Waals surface area contributed by atoms with Crippen LogP contribution in [-0.4, -0.2) is 60.2 Å². The Hall–Kier alpha value is -2.66. The van der Waals surface area contributed by atoms with Crippen LogP contribution in [0.5, 0.6) is 0 Å². The van der Waals surface area contributed by atoms with E-state index < -0.39 is 26.3 Å². The molecular weight excluding hydrogens is 716 g/mol. The lowest BCUT2D eigenvalue weighted by molar-refractivity contribution is 0.00624. The van der Waals surface area contributed by atoms with Gasteiger partial charge in [-0.1, -0.05) is 85.9 Å². The fourth-order valence-corrected chi connectivity index (χ4v) is 8.16. The molecule has 1 fully saturated rings. The number of carbonyl (C=O) groups excluding carboxylic acids is 1. The second-order valence-corrected chi connectivity index (χ2v) is 21.6. The molecule has 0 spiro atoms. The summed E-state index contributed by atoms with van der Waals surface area (Å²) in [6.07, 6.45) is 1.39. The Labute approximate surface area is 310 Å². The van der Waals surface area contributed by atoms with E-state index in [2.05, 4.69) is 44.2 Å². The number of likely N-dealkylation sites (tertiary alicyclic amines) is 1. The highest BCUT2D eigenvalue weighted by atomic mass is 35.5. The molecule has 5 rings (SSSR count). The summed E-state index contributed by atoms with van der Waals surface area (Å²) in [5.74, 6) is -0.644. The number of benzene rings is 3. The topological polar surface area (TPSA) is 83.9 Å². The Balaban J connectivity index is 1.51. The maximum Gasteiger partial charge on any atom is 0.410 e. The molecule has 4 aromatic rings. The Morgan fingerprint density at radius 3 is 2.40 bits per heavy atom. The molecule has 2 atom stereocenters. The first-order chi connectivity index (χ1) is 23.3. The first-order valence-electron chi connectivity index (χ1n) is 17.0. The molecule has 1 saturated heterocycles. The highest BCUT2D eigenvalue weighted by Crippen LogP contribution is 2.44. The number of aliphatic hydroxyl groups is 1. The number of aromatic nitrogens is 1. The first kappa shape index (κ1) is 38.6. The number of pyridine rings is 1. The van der Waals surface area contributed by atoms with Gasteiger partial charge in [-0.3, -0.25) is 0 Å². The molecule has 0 aliphatic carbocycles. The van der Waals surface area contributed by atoms with Crippen LogP contribution in [0.2, 0.25) is 33.3 Å². The quantitative estimate of drug-likeness (QED) is 0.137. The SMILES string of the molecule is CC(C)(C)OC(=O)N1CC[C@H](Nc2c(CO)c(Cl)nc3c(F)c(-c4cccc5cccc(Cl)c45)c(Cl)cc23)C[C@H]1CCO[Si](C)(C)C(C)(C)C. The first-order valence-corrected chi connectivity index (χ1v) is 21.1. The number of ether oxygens (including phenoxy) is 1. The van der Waals surface area contributed by atoms with Crippen LogP contribution in [0.1, 0.15) is 66.4 Å². The lowest BCUT2D eigenvalue weighted by Crippen LogP contribution is -2.51. The van der Waals surface area contributed by atoms with E-state index in [9.17, 15) is 9.90 Å². The molecule has 12 heteroatoms. The van der Waals surface area contributed by atoms with Gasteiger partial charge >= 0.3 is 6.09 Å². The molecule has 0 radical (unpaired) electrons. The number of amides is 1. The average molecular weight is 763 g/mol. The van der Waals surface area contributed by atoms with Crippen molar-refractivity contribution in [2.45, 2.75) is 103 Å². The molecule has 0 bridgehead atoms. The molecule has 270 valence electrons. The summed E-state index contributed by atoms with van der Waals surface area (Å²) in [6.45, 7) is 17.1. The number of halogens is 4. The molecule has 1 aromatic heterocycles. The third-order valence-electron chi connectivity index (χ3n) is 9.92. The number of rotatable bonds is 8. The third-order valence-corrected chi connectivity index (χ3v) is 15.4. The molecule has 7 nitrogen and oxygen atoms in total. The molecule has 1 aliphatic heterocycles. The van der Waals surface area contributed by atoms with Gasteiger partial charge in [0.1, 0.15) is 16.3 Å². The predicted octanol–water partition coefficient (Wildman–Crippen LogP) is 11.2. The Bertz CT molecular complexity index is 1910. The minimum absolute atomic E-state index is 0.0173. The van der Waals surface area contributed by atoms with Crippen LogP contribution in [-0.2, 0) is 15.8 Å². The van der Waals surface area contributed by atoms with Gasteiger partial charge in [-0.15, -0.1) is 0 Å². The maximum absolute atomic E-state index is 16.7. The van der Waals surface area contributed by atoms with Crippen LogP contribution < -0.4 is 5.32 Å². The van der Waals surface area contributed by atoms with Crippen molar-refractivity contribution in [1.82, 2.24) is 9.88 Å². The van der Waals surface area contributed by atoms with Crippen molar-refractivity contribution in [3.8, 4) is 11.1 Å². The van der Waals surface area contributed by atoms with Crippen molar-refractivity contribution in [3.05, 3.63) is 69.0 Å². The summed E-state index contributed by atoms with van der Waals surface area (Å²) in [4.78, 5) is 19.6. The fourth-order valence-electron chi connectivity index (χ4n) is 6.29. The largest absolute Gasteiger partial charge is 0.444 e. The lowest BCUT2D eigenvalue weighted by atomic mass is 9.93. The van der Waals surface area contributed by atoms with Crippen molar-refractivity contribution in [2.24, 2.45) is 0 Å². The summed E-state index contributed by atoms with van der Waals surface area (Å²) in [5.41, 5.74) is 0.867. The highest BCUT2D eigenvalue weighted by molar-refractivity contribution is 6.74. The van der Waals surface area contributed by atoms with E-state index in [1.165, 1.54) is 0 Å². The number of aliphatic hydroxyl groups excluding tert-OH is 1. The van der Waals surface area contributed by atoms with Gasteiger partial charge < -0.3 is 24.5 Å². The lowest BCUT2D eigenvalue weighted by Gasteiger charge is -2.42. The van der Waals surface area contributed by atoms with Gasteiger partial charge in [0.25, 0.3) is 0 Å². The number of nitrogens with zero attached hydrogens (tertiary/aromatic N) is 2. The van der Waals surface area contributed by atoms with Gasteiger partial charge in [0.05, 0.1) is 17.3 Å². The summed E-state index contributed by atoms with van der Waals surface area (Å²) >= 11 is 20.1. The Morgan fingerprint density at radius 1 is 1.08 bits per heavy atom. The molecule has 0 saturated carbocycles. The molecule has 0 unspecified atom stereocenters. The van der Waals surface area contributed by atoms with Crippen molar-refractivity contribution < 1.29 is 23.5 Å². The minimum Gasteiger partial charge on any atom is -0.444 e. The van der Waals surface area contributed by atoms with Crippen molar-refractivity contribution in [1.29, 1.82) is 0 Å². The van der Waals surface area contributed by atoms with E-state index in [1.807, 2.05) is 45.0 Å². The second kappa shape index (κ2) is 14.8. The molecular formula is C38H47Cl3FN3O4Si. The molecule has 2 heterocycles. The van der Waals surface area contributed by atoms with Crippen LogP contribution in [0.15, 0.2) is 42.5 Å². The van der Waals surface area contributed by atoms with Gasteiger partial charge in [-0.25, -0.2) is 14.2 Å². The third kappa shape index (κ3) is 8.03. The fraction of sp³-hybridized carbons (Fsp3) is 0.474. The standard InChI is InChI=1S/C38H47Cl3FN3O4Si/c1-37(2,3)49-36(47)45-17-15-23(19-24(45)16-18-48-50(7,8)38(4,5)6)43-33-26-20-29(40)31(32(42)34(26)44-35(41)27(33)21-46)25-13-9-11-22-12-10-14-28(39)30(22)25/h9-14,20,23-24,46H,15-19,21H2,1-8H3,(H,43,44)/t23-,24+/m0/s1. The molecule has 3 aromatic carbocycles. The number of piperidine rings is 1. The number of anilines is 1. The van der Waals surface area contributed by atoms with Crippen molar-refractivity contribution in [2.75, 3.05) is 18.5 Å². The molecule has 1 aliphatic rings. The summed E-state index contributed by atoms with van der Waals surface area (Å²) in [7, 11) is -2.02. The number of nitrogens with one attached hydrogen (secondary N) is 1. The van der Waals surface area contributed by atoms with E-state index in [1.54, 1.807) is 23.1 Å². The average Bonchev–Trinajstić information content (AvgIpc) is 3.00. The zero-order valence-electron chi connectivity index (χ0n) is 30.0. The summed E-state index contributed by atoms with van der Waals surface area (Å²) in [5, 5.41) is 16.6. The number of hydrogen-bond acceptors (Lipinski definition) is 6. The van der Waals surface area contributed by atoms with Crippen molar-refractivity contribution in [3.63, 3.8) is 0 Å². The number of carbonyl (C=O) groups is 1. The second-order valence-electron chi connectivity index (χ2n) is 15.6. The number of hydrogen-bond donors (Lipinski definition) is 2. The van der Waals surface area contributed by atoms with Crippen LogP contribution in [0, 0.1) is 5.82 Å². The Kier molecular flexibility index (Phi) is 11.4. The zero-order valence-corrected chi connectivity index (χ0v) is 33.3. The molecule has 1 amide bonds. The highest BCUT2D eigenvalue weighted by Gasteiger charge is 2.39. The smallest absolute Gasteiger partial charge is 0.410 e. The van der Waals surface area contributed by atoms with E-state index in [-0.39, 0.29) is 44.5 Å². The Morgan fingerprint density at radius 2 is 1.76 bits per heavy atom. The van der Waals surface area contributed by atoms with Crippen LogP contribution >= 0.6 is 34.8 Å². The van der Waals surface area contributed by atoms with Gasteiger partial charge in [0.2, 0.25) is 0 Å². The summed E-state index contributed by atoms with van der Waals surface area (Å²) < 4.78 is 29.0. The van der Waals surface area contributed by atoms with E-state index in [4.69, 9.17) is 44.0 Å². The van der Waals surface area contributed by atoms with Gasteiger partial charge in [-0.05, 0) is 81.2 Å². The van der Waals surface area contributed by atoms with Gasteiger partial charge in [0, 0.05) is 52.2 Å². The monoisotopic (exact) mass is 761 g/mol. The predicted molar refractivity (Wildman–Crippen MR) is 207 cm³/mol. The summed E-state index contributed by atoms with van der Waals surface area (Å²) in [6, 6.07) is 12.3.